The molecule has 3 rings (SSSR count). The van der Waals surface area contributed by atoms with Crippen LogP contribution in [0.1, 0.15) is 35.0 Å². The van der Waals surface area contributed by atoms with E-state index >= 15 is 0 Å². The summed E-state index contributed by atoms with van der Waals surface area (Å²) in [6.45, 7) is 0.503. The molecule has 1 aromatic carbocycles. The Morgan fingerprint density at radius 3 is 3.05 bits per heavy atom. The Labute approximate surface area is 127 Å². The van der Waals surface area contributed by atoms with Gasteiger partial charge in [-0.25, -0.2) is 4.98 Å². The molecule has 20 heavy (non-hydrogen) atoms. The van der Waals surface area contributed by atoms with Crippen molar-refractivity contribution in [3.8, 4) is 0 Å². The summed E-state index contributed by atoms with van der Waals surface area (Å²) >= 11 is 7.60. The van der Waals surface area contributed by atoms with Crippen LogP contribution < -0.4 is 5.32 Å². The van der Waals surface area contributed by atoms with Crippen molar-refractivity contribution in [1.29, 1.82) is 0 Å². The van der Waals surface area contributed by atoms with Crippen molar-refractivity contribution >= 4 is 28.8 Å². The lowest BCUT2D eigenvalue weighted by atomic mass is 10.1. The van der Waals surface area contributed by atoms with Crippen LogP contribution in [-0.2, 0) is 17.8 Å². The minimum atomic E-state index is -0.00626. The molecule has 1 saturated carbocycles. The molecular weight excluding hydrogens is 292 g/mol. The number of carbonyl (C=O) groups is 1. The number of nitrogens with one attached hydrogen (secondary N) is 1. The van der Waals surface area contributed by atoms with Crippen molar-refractivity contribution in [2.45, 2.75) is 31.7 Å². The van der Waals surface area contributed by atoms with Gasteiger partial charge in [0.1, 0.15) is 0 Å². The Morgan fingerprint density at radius 1 is 1.45 bits per heavy atom. The van der Waals surface area contributed by atoms with Crippen molar-refractivity contribution < 1.29 is 4.79 Å². The third-order valence-electron chi connectivity index (χ3n) is 3.22. The predicted molar refractivity (Wildman–Crippen MR) is 81.1 cm³/mol. The fourth-order valence-electron chi connectivity index (χ4n) is 2.01. The molecule has 1 fully saturated rings. The number of benzene rings is 1. The van der Waals surface area contributed by atoms with E-state index in [1.54, 1.807) is 17.4 Å². The smallest absolute Gasteiger partial charge is 0.224 e. The molecule has 1 aliphatic carbocycles. The summed E-state index contributed by atoms with van der Waals surface area (Å²) in [4.78, 5) is 16.4. The Balaban J connectivity index is 1.51. The third kappa shape index (κ3) is 3.58. The molecule has 0 radical (unpaired) electrons. The molecule has 5 heteroatoms. The molecule has 0 spiro atoms. The molecule has 104 valence electrons. The zero-order valence-electron chi connectivity index (χ0n) is 10.9. The summed E-state index contributed by atoms with van der Waals surface area (Å²) in [5, 5.41) is 6.81. The molecule has 0 bridgehead atoms. The number of hydrogen-bond acceptors (Lipinski definition) is 3. The zero-order chi connectivity index (χ0) is 13.9. The lowest BCUT2D eigenvalue weighted by Crippen LogP contribution is -2.24. The van der Waals surface area contributed by atoms with Crippen LogP contribution in [0.5, 0.6) is 0 Å². The molecule has 0 aliphatic heterocycles. The average Bonchev–Trinajstić information content (AvgIpc) is 3.16. The number of amides is 1. The Hall–Kier alpha value is -1.39. The minimum absolute atomic E-state index is 0.00626. The van der Waals surface area contributed by atoms with Gasteiger partial charge in [-0.3, -0.25) is 4.79 Å². The first-order valence-corrected chi connectivity index (χ1v) is 7.92. The van der Waals surface area contributed by atoms with E-state index in [-0.39, 0.29) is 5.91 Å². The molecule has 0 unspecified atom stereocenters. The highest BCUT2D eigenvalue weighted by Gasteiger charge is 2.26. The van der Waals surface area contributed by atoms with Gasteiger partial charge in [-0.05, 0) is 30.5 Å². The monoisotopic (exact) mass is 306 g/mol. The van der Waals surface area contributed by atoms with Gasteiger partial charge >= 0.3 is 0 Å². The van der Waals surface area contributed by atoms with Gasteiger partial charge in [0, 0.05) is 16.3 Å². The van der Waals surface area contributed by atoms with E-state index in [0.29, 0.717) is 23.9 Å². The molecule has 3 nitrogen and oxygen atoms in total. The largest absolute Gasteiger partial charge is 0.350 e. The average molecular weight is 307 g/mol. The summed E-state index contributed by atoms with van der Waals surface area (Å²) < 4.78 is 0. The number of hydrogen-bond donors (Lipinski definition) is 1. The SMILES string of the molecule is O=C(Cc1cccc(Cl)c1)NCc1csc(C2CC2)n1. The number of nitrogens with zero attached hydrogens (tertiary/aromatic N) is 1. The number of halogens is 1. The van der Waals surface area contributed by atoms with Gasteiger partial charge in [0.05, 0.1) is 23.7 Å². The molecule has 1 heterocycles. The van der Waals surface area contributed by atoms with Crippen molar-refractivity contribution in [3.63, 3.8) is 0 Å². The first kappa shape index (κ1) is 13.6. The second kappa shape index (κ2) is 5.94. The second-order valence-corrected chi connectivity index (χ2v) is 6.36. The molecule has 1 N–H and O–H groups in total. The van der Waals surface area contributed by atoms with Crippen LogP contribution >= 0.6 is 22.9 Å². The summed E-state index contributed by atoms with van der Waals surface area (Å²) in [6.07, 6.45) is 2.86. The van der Waals surface area contributed by atoms with Gasteiger partial charge < -0.3 is 5.32 Å². The lowest BCUT2D eigenvalue weighted by molar-refractivity contribution is -0.120. The quantitative estimate of drug-likeness (QED) is 0.918. The molecular formula is C15H15ClN2OS. The minimum Gasteiger partial charge on any atom is -0.350 e. The fraction of sp³-hybridized carbons (Fsp3) is 0.333. The van der Waals surface area contributed by atoms with Crippen molar-refractivity contribution in [1.82, 2.24) is 10.3 Å². The Kier molecular flexibility index (Phi) is 4.03. The molecule has 1 aliphatic rings. The number of carbonyl (C=O) groups excluding carboxylic acids is 1. The van der Waals surface area contributed by atoms with E-state index in [0.717, 1.165) is 11.3 Å². The first-order valence-electron chi connectivity index (χ1n) is 6.66. The highest BCUT2D eigenvalue weighted by Crippen LogP contribution is 2.41. The van der Waals surface area contributed by atoms with Gasteiger partial charge in [-0.1, -0.05) is 23.7 Å². The van der Waals surface area contributed by atoms with Crippen LogP contribution in [0.15, 0.2) is 29.6 Å². The highest BCUT2D eigenvalue weighted by atomic mass is 35.5. The number of rotatable bonds is 5. The van der Waals surface area contributed by atoms with E-state index in [9.17, 15) is 4.79 Å². The van der Waals surface area contributed by atoms with Crippen molar-refractivity contribution in [2.75, 3.05) is 0 Å². The summed E-state index contributed by atoms with van der Waals surface area (Å²) in [5.74, 6) is 0.671. The van der Waals surface area contributed by atoms with Crippen molar-refractivity contribution in [2.24, 2.45) is 0 Å². The van der Waals surface area contributed by atoms with Crippen LogP contribution in [0.2, 0.25) is 5.02 Å². The summed E-state index contributed by atoms with van der Waals surface area (Å²) in [6, 6.07) is 7.37. The topological polar surface area (TPSA) is 42.0 Å². The van der Waals surface area contributed by atoms with Gasteiger partial charge in [0.25, 0.3) is 0 Å². The normalized spacial score (nSPS) is 14.2. The molecule has 0 atom stereocenters. The number of aromatic nitrogens is 1. The van der Waals surface area contributed by atoms with Crippen LogP contribution in [-0.4, -0.2) is 10.9 Å². The fourth-order valence-corrected chi connectivity index (χ4v) is 3.21. The van der Waals surface area contributed by atoms with E-state index < -0.39 is 0 Å². The van der Waals surface area contributed by atoms with Crippen LogP contribution in [0, 0.1) is 0 Å². The van der Waals surface area contributed by atoms with Gasteiger partial charge in [-0.2, -0.15) is 0 Å². The van der Waals surface area contributed by atoms with Gasteiger partial charge in [-0.15, -0.1) is 11.3 Å². The maximum atomic E-state index is 11.9. The maximum Gasteiger partial charge on any atom is 0.224 e. The molecule has 0 saturated heterocycles. The highest BCUT2D eigenvalue weighted by molar-refractivity contribution is 7.09. The standard InChI is InChI=1S/C15H15ClN2OS/c16-12-3-1-2-10(6-12)7-14(19)17-8-13-9-20-15(18-13)11-4-5-11/h1-3,6,9,11H,4-5,7-8H2,(H,17,19). The Morgan fingerprint density at radius 2 is 2.30 bits per heavy atom. The third-order valence-corrected chi connectivity index (χ3v) is 4.51. The molecule has 1 amide bonds. The first-order chi connectivity index (χ1) is 9.70. The zero-order valence-corrected chi connectivity index (χ0v) is 12.5. The lowest BCUT2D eigenvalue weighted by Gasteiger charge is -2.04. The van der Waals surface area contributed by atoms with Crippen LogP contribution in [0.4, 0.5) is 0 Å². The number of thiazole rings is 1. The Bertz CT molecular complexity index is 622. The van der Waals surface area contributed by atoms with Crippen molar-refractivity contribution in [3.05, 3.63) is 50.9 Å². The molecule has 1 aromatic heterocycles. The predicted octanol–water partition coefficient (Wildman–Crippen LogP) is 3.53. The summed E-state index contributed by atoms with van der Waals surface area (Å²) in [7, 11) is 0. The molecule has 2 aromatic rings. The van der Waals surface area contributed by atoms with Crippen LogP contribution in [0.3, 0.4) is 0 Å². The van der Waals surface area contributed by atoms with Gasteiger partial charge in [0.2, 0.25) is 5.91 Å². The van der Waals surface area contributed by atoms with E-state index in [4.69, 9.17) is 11.6 Å². The van der Waals surface area contributed by atoms with Crippen LogP contribution in [0.25, 0.3) is 0 Å². The maximum absolute atomic E-state index is 11.9. The van der Waals surface area contributed by atoms with E-state index in [1.165, 1.54) is 17.8 Å². The van der Waals surface area contributed by atoms with Gasteiger partial charge in [0.15, 0.2) is 0 Å². The van der Waals surface area contributed by atoms with E-state index in [1.807, 2.05) is 23.6 Å². The van der Waals surface area contributed by atoms with E-state index in [2.05, 4.69) is 10.3 Å². The summed E-state index contributed by atoms with van der Waals surface area (Å²) in [5.41, 5.74) is 1.88. The second-order valence-electron chi connectivity index (χ2n) is 5.03.